The minimum atomic E-state index is -1.05. The molecular formula is C15H15FN2O4. The summed E-state index contributed by atoms with van der Waals surface area (Å²) in [5.41, 5.74) is 4.60. The standard InChI is InChI=1S/C15H15FN2O4/c16-10-7-5-9(6-8-10)13(19)17-18-14(20)11-3-1-2-4-12(11)15(21)22/h1-2,5-8,11-12H,3-4H2,(H,17,19)(H,18,20)(H,21,22). The maximum absolute atomic E-state index is 12.8. The Morgan fingerprint density at radius 1 is 1.00 bits per heavy atom. The number of carbonyl (C=O) groups excluding carboxylic acids is 2. The summed E-state index contributed by atoms with van der Waals surface area (Å²) in [6.07, 6.45) is 4.04. The fourth-order valence-corrected chi connectivity index (χ4v) is 2.26. The molecule has 0 bridgehead atoms. The van der Waals surface area contributed by atoms with Gasteiger partial charge in [-0.15, -0.1) is 0 Å². The highest BCUT2D eigenvalue weighted by atomic mass is 19.1. The molecule has 0 saturated heterocycles. The molecule has 0 radical (unpaired) electrons. The van der Waals surface area contributed by atoms with E-state index in [9.17, 15) is 18.8 Å². The maximum Gasteiger partial charge on any atom is 0.307 e. The molecule has 3 N–H and O–H groups in total. The zero-order valence-corrected chi connectivity index (χ0v) is 11.6. The van der Waals surface area contributed by atoms with Crippen LogP contribution in [0.25, 0.3) is 0 Å². The lowest BCUT2D eigenvalue weighted by atomic mass is 9.82. The molecule has 2 atom stereocenters. The first-order valence-corrected chi connectivity index (χ1v) is 6.72. The van der Waals surface area contributed by atoms with Gasteiger partial charge in [0.1, 0.15) is 5.82 Å². The van der Waals surface area contributed by atoms with Gasteiger partial charge in [-0.25, -0.2) is 4.39 Å². The van der Waals surface area contributed by atoms with E-state index in [0.717, 1.165) is 12.1 Å². The Labute approximate surface area is 126 Å². The lowest BCUT2D eigenvalue weighted by Crippen LogP contribution is -2.47. The highest BCUT2D eigenvalue weighted by Gasteiger charge is 2.34. The summed E-state index contributed by atoms with van der Waals surface area (Å²) in [4.78, 5) is 34.9. The Hall–Kier alpha value is -2.70. The number of halogens is 1. The number of hydrogen-bond donors (Lipinski definition) is 3. The normalized spacial score (nSPS) is 20.2. The summed E-state index contributed by atoms with van der Waals surface area (Å²) < 4.78 is 12.8. The predicted octanol–water partition coefficient (Wildman–Crippen LogP) is 1.25. The number of rotatable bonds is 3. The van der Waals surface area contributed by atoms with Crippen LogP contribution in [0.15, 0.2) is 36.4 Å². The van der Waals surface area contributed by atoms with Crippen molar-refractivity contribution >= 4 is 17.8 Å². The van der Waals surface area contributed by atoms with Crippen LogP contribution in [0.4, 0.5) is 4.39 Å². The van der Waals surface area contributed by atoms with Crippen molar-refractivity contribution < 1.29 is 23.9 Å². The molecule has 0 aromatic heterocycles. The number of hydrogen-bond acceptors (Lipinski definition) is 3. The number of carboxylic acids is 1. The molecule has 7 heteroatoms. The number of amides is 2. The first kappa shape index (κ1) is 15.7. The molecule has 2 rings (SSSR count). The monoisotopic (exact) mass is 306 g/mol. The van der Waals surface area contributed by atoms with Crippen molar-refractivity contribution in [2.45, 2.75) is 12.8 Å². The SMILES string of the molecule is O=C(NNC(=O)C1CC=CCC1C(=O)O)c1ccc(F)cc1. The smallest absolute Gasteiger partial charge is 0.307 e. The number of aliphatic carboxylic acids is 1. The van der Waals surface area contributed by atoms with Crippen LogP contribution < -0.4 is 10.9 Å². The number of allylic oxidation sites excluding steroid dienone is 2. The first-order valence-electron chi connectivity index (χ1n) is 6.72. The summed E-state index contributed by atoms with van der Waals surface area (Å²) in [6.45, 7) is 0. The van der Waals surface area contributed by atoms with Gasteiger partial charge in [0.15, 0.2) is 0 Å². The second-order valence-electron chi connectivity index (χ2n) is 4.94. The van der Waals surface area contributed by atoms with Gasteiger partial charge in [0.2, 0.25) is 5.91 Å². The third-order valence-corrected chi connectivity index (χ3v) is 3.49. The average molecular weight is 306 g/mol. The minimum Gasteiger partial charge on any atom is -0.481 e. The quantitative estimate of drug-likeness (QED) is 0.578. The highest BCUT2D eigenvalue weighted by molar-refractivity contribution is 5.96. The van der Waals surface area contributed by atoms with Crippen molar-refractivity contribution in [2.75, 3.05) is 0 Å². The number of carbonyl (C=O) groups is 3. The molecule has 0 fully saturated rings. The number of benzene rings is 1. The van der Waals surface area contributed by atoms with E-state index >= 15 is 0 Å². The van der Waals surface area contributed by atoms with Gasteiger partial charge in [0, 0.05) is 5.56 Å². The second-order valence-corrected chi connectivity index (χ2v) is 4.94. The van der Waals surface area contributed by atoms with Gasteiger partial charge < -0.3 is 5.11 Å². The van der Waals surface area contributed by atoms with Gasteiger partial charge in [-0.3, -0.25) is 25.2 Å². The fourth-order valence-electron chi connectivity index (χ4n) is 2.26. The van der Waals surface area contributed by atoms with Crippen LogP contribution in [-0.4, -0.2) is 22.9 Å². The molecule has 116 valence electrons. The largest absolute Gasteiger partial charge is 0.481 e. The summed E-state index contributed by atoms with van der Waals surface area (Å²) in [5.74, 6) is -4.24. The molecule has 1 aliphatic carbocycles. The van der Waals surface area contributed by atoms with Gasteiger partial charge >= 0.3 is 5.97 Å². The van der Waals surface area contributed by atoms with Crippen LogP contribution in [0.5, 0.6) is 0 Å². The number of carboxylic acid groups (broad SMARTS) is 1. The summed E-state index contributed by atoms with van der Waals surface area (Å²) >= 11 is 0. The van der Waals surface area contributed by atoms with Crippen LogP contribution in [0.3, 0.4) is 0 Å². The first-order chi connectivity index (χ1) is 10.5. The average Bonchev–Trinajstić information content (AvgIpc) is 2.53. The molecule has 2 amide bonds. The van der Waals surface area contributed by atoms with E-state index in [4.69, 9.17) is 5.11 Å². The van der Waals surface area contributed by atoms with Crippen molar-refractivity contribution in [1.82, 2.24) is 10.9 Å². The van der Waals surface area contributed by atoms with E-state index in [1.165, 1.54) is 12.1 Å². The highest BCUT2D eigenvalue weighted by Crippen LogP contribution is 2.25. The fraction of sp³-hybridized carbons (Fsp3) is 0.267. The Morgan fingerprint density at radius 2 is 1.59 bits per heavy atom. The molecule has 0 spiro atoms. The van der Waals surface area contributed by atoms with Crippen molar-refractivity contribution in [3.05, 3.63) is 47.8 Å². The minimum absolute atomic E-state index is 0.181. The van der Waals surface area contributed by atoms with E-state index in [2.05, 4.69) is 10.9 Å². The topological polar surface area (TPSA) is 95.5 Å². The third-order valence-electron chi connectivity index (χ3n) is 3.49. The molecule has 1 aromatic carbocycles. The van der Waals surface area contributed by atoms with Crippen LogP contribution in [0.1, 0.15) is 23.2 Å². The summed E-state index contributed by atoms with van der Waals surface area (Å²) in [6, 6.07) is 4.81. The molecular weight excluding hydrogens is 291 g/mol. The zero-order chi connectivity index (χ0) is 16.1. The summed E-state index contributed by atoms with van der Waals surface area (Å²) in [7, 11) is 0. The predicted molar refractivity (Wildman–Crippen MR) is 75.0 cm³/mol. The van der Waals surface area contributed by atoms with E-state index < -0.39 is 35.4 Å². The summed E-state index contributed by atoms with van der Waals surface area (Å²) in [5, 5.41) is 9.10. The van der Waals surface area contributed by atoms with Crippen molar-refractivity contribution in [3.8, 4) is 0 Å². The molecule has 2 unspecified atom stereocenters. The third kappa shape index (κ3) is 3.69. The zero-order valence-electron chi connectivity index (χ0n) is 11.6. The Morgan fingerprint density at radius 3 is 2.18 bits per heavy atom. The van der Waals surface area contributed by atoms with E-state index in [0.29, 0.717) is 6.42 Å². The van der Waals surface area contributed by atoms with E-state index in [-0.39, 0.29) is 12.0 Å². The van der Waals surface area contributed by atoms with Gasteiger partial charge in [0.25, 0.3) is 5.91 Å². The molecule has 0 saturated carbocycles. The molecule has 0 heterocycles. The maximum atomic E-state index is 12.8. The molecule has 1 aromatic rings. The lowest BCUT2D eigenvalue weighted by molar-refractivity contribution is -0.147. The molecule has 22 heavy (non-hydrogen) atoms. The van der Waals surface area contributed by atoms with Gasteiger partial charge in [0.05, 0.1) is 11.8 Å². The van der Waals surface area contributed by atoms with Crippen molar-refractivity contribution in [3.63, 3.8) is 0 Å². The van der Waals surface area contributed by atoms with Crippen LogP contribution in [0, 0.1) is 17.7 Å². The Bertz CT molecular complexity index is 612. The molecule has 0 aliphatic heterocycles. The van der Waals surface area contributed by atoms with Gasteiger partial charge in [-0.05, 0) is 37.1 Å². The van der Waals surface area contributed by atoms with Crippen LogP contribution in [0.2, 0.25) is 0 Å². The van der Waals surface area contributed by atoms with Crippen molar-refractivity contribution in [2.24, 2.45) is 11.8 Å². The van der Waals surface area contributed by atoms with Crippen LogP contribution in [-0.2, 0) is 9.59 Å². The Balaban J connectivity index is 1.94. The lowest BCUT2D eigenvalue weighted by Gasteiger charge is -2.24. The Kier molecular flexibility index (Phi) is 4.88. The van der Waals surface area contributed by atoms with Crippen LogP contribution >= 0.6 is 0 Å². The van der Waals surface area contributed by atoms with Gasteiger partial charge in [-0.1, -0.05) is 12.2 Å². The molecule has 6 nitrogen and oxygen atoms in total. The number of nitrogens with one attached hydrogen (secondary N) is 2. The number of hydrazine groups is 1. The molecule has 1 aliphatic rings. The van der Waals surface area contributed by atoms with Crippen molar-refractivity contribution in [1.29, 1.82) is 0 Å². The van der Waals surface area contributed by atoms with E-state index in [1.54, 1.807) is 12.2 Å². The van der Waals surface area contributed by atoms with Gasteiger partial charge in [-0.2, -0.15) is 0 Å². The van der Waals surface area contributed by atoms with E-state index in [1.807, 2.05) is 0 Å². The second kappa shape index (κ2) is 6.84.